The van der Waals surface area contributed by atoms with Gasteiger partial charge >= 0.3 is 6.03 Å². The van der Waals surface area contributed by atoms with E-state index in [9.17, 15) is 19.2 Å². The van der Waals surface area contributed by atoms with E-state index < -0.39 is 29.9 Å². The molecule has 2 atom stereocenters. The van der Waals surface area contributed by atoms with E-state index in [4.69, 9.17) is 10.5 Å². The summed E-state index contributed by atoms with van der Waals surface area (Å²) in [6, 6.07) is 4.91. The van der Waals surface area contributed by atoms with E-state index in [2.05, 4.69) is 28.2 Å². The molecule has 10 nitrogen and oxygen atoms in total. The molecule has 0 bridgehead atoms. The highest BCUT2D eigenvalue weighted by Crippen LogP contribution is 2.12. The van der Waals surface area contributed by atoms with E-state index in [1.54, 1.807) is 19.2 Å². The lowest BCUT2D eigenvalue weighted by molar-refractivity contribution is -0.132. The van der Waals surface area contributed by atoms with Crippen molar-refractivity contribution in [3.63, 3.8) is 0 Å². The molecule has 1 aromatic carbocycles. The highest BCUT2D eigenvalue weighted by atomic mass is 16.5. The lowest BCUT2D eigenvalue weighted by Gasteiger charge is -2.25. The minimum absolute atomic E-state index is 0.168. The third-order valence-electron chi connectivity index (χ3n) is 5.66. The number of hydrogen-bond donors (Lipinski definition) is 5. The topological polar surface area (TPSA) is 152 Å². The molecule has 0 heterocycles. The number of primary amides is 1. The molecule has 0 saturated heterocycles. The molecule has 0 saturated carbocycles. The molecule has 6 N–H and O–H groups in total. The van der Waals surface area contributed by atoms with Crippen LogP contribution >= 0.6 is 0 Å². The lowest BCUT2D eigenvalue weighted by Crippen LogP contribution is -2.54. The van der Waals surface area contributed by atoms with Crippen LogP contribution in [0.5, 0.6) is 0 Å². The smallest absolute Gasteiger partial charge is 0.312 e. The number of amides is 5. The Morgan fingerprint density at radius 3 is 2.22 bits per heavy atom. The third kappa shape index (κ3) is 12.5. The molecule has 0 unspecified atom stereocenters. The van der Waals surface area contributed by atoms with Crippen LogP contribution in [0.15, 0.2) is 24.3 Å². The third-order valence-corrected chi connectivity index (χ3v) is 5.66. The van der Waals surface area contributed by atoms with Gasteiger partial charge in [-0.05, 0) is 42.9 Å². The van der Waals surface area contributed by atoms with Crippen LogP contribution in [-0.2, 0) is 25.7 Å². The van der Waals surface area contributed by atoms with Gasteiger partial charge in [-0.25, -0.2) is 4.79 Å². The summed E-state index contributed by atoms with van der Waals surface area (Å²) < 4.78 is 5.10. The predicted molar refractivity (Wildman–Crippen MR) is 140 cm³/mol. The summed E-state index contributed by atoms with van der Waals surface area (Å²) in [5, 5.41) is 10.9. The number of ether oxygens (including phenoxy) is 1. The number of hydrogen-bond acceptors (Lipinski definition) is 5. The molecular formula is C26H43N5O5. The average molecular weight is 506 g/mol. The summed E-state index contributed by atoms with van der Waals surface area (Å²) >= 11 is 0. The van der Waals surface area contributed by atoms with Crippen LogP contribution in [0.4, 0.5) is 10.5 Å². The SMILES string of the molecule is CCCCCCC(=O)N[C@H](C(=O)N[C@@H](CCCNC(N)=O)C(=O)Nc1ccc(COC)cc1)C(C)C. The Morgan fingerprint density at radius 2 is 1.64 bits per heavy atom. The van der Waals surface area contributed by atoms with Crippen molar-refractivity contribution >= 4 is 29.4 Å². The van der Waals surface area contributed by atoms with Crippen molar-refractivity contribution in [3.05, 3.63) is 29.8 Å². The van der Waals surface area contributed by atoms with Crippen molar-refractivity contribution in [2.75, 3.05) is 19.0 Å². The van der Waals surface area contributed by atoms with Crippen LogP contribution in [0.3, 0.4) is 0 Å². The fraction of sp³-hybridized carbons (Fsp3) is 0.615. The Bertz CT molecular complexity index is 829. The molecular weight excluding hydrogens is 462 g/mol. The molecule has 0 aromatic heterocycles. The molecule has 1 aromatic rings. The van der Waals surface area contributed by atoms with Gasteiger partial charge in [-0.3, -0.25) is 14.4 Å². The van der Waals surface area contributed by atoms with Gasteiger partial charge in [0, 0.05) is 25.8 Å². The Labute approximate surface area is 214 Å². The van der Waals surface area contributed by atoms with Crippen LogP contribution in [0.2, 0.25) is 0 Å². The molecule has 0 aliphatic carbocycles. The van der Waals surface area contributed by atoms with E-state index in [1.807, 2.05) is 26.0 Å². The van der Waals surface area contributed by atoms with Gasteiger partial charge < -0.3 is 31.7 Å². The first kappa shape index (κ1) is 30.9. The number of nitrogens with two attached hydrogens (primary N) is 1. The number of rotatable bonds is 17. The van der Waals surface area contributed by atoms with Gasteiger partial charge in [-0.1, -0.05) is 52.2 Å². The van der Waals surface area contributed by atoms with Gasteiger partial charge in [-0.15, -0.1) is 0 Å². The summed E-state index contributed by atoms with van der Waals surface area (Å²) in [7, 11) is 1.61. The number of nitrogens with one attached hydrogen (secondary N) is 4. The zero-order valence-corrected chi connectivity index (χ0v) is 22.0. The first-order valence-corrected chi connectivity index (χ1v) is 12.7. The average Bonchev–Trinajstić information content (AvgIpc) is 2.83. The summed E-state index contributed by atoms with van der Waals surface area (Å²) in [6.45, 7) is 6.51. The minimum atomic E-state index is -0.867. The van der Waals surface area contributed by atoms with Crippen molar-refractivity contribution in [3.8, 4) is 0 Å². The first-order chi connectivity index (χ1) is 17.2. The maximum Gasteiger partial charge on any atom is 0.312 e. The Kier molecular flexibility index (Phi) is 14.9. The Balaban J connectivity index is 2.85. The Hall–Kier alpha value is -3.14. The normalized spacial score (nSPS) is 12.5. The molecule has 0 spiro atoms. The van der Waals surface area contributed by atoms with Gasteiger partial charge in [-0.2, -0.15) is 0 Å². The summed E-state index contributed by atoms with van der Waals surface area (Å²) in [4.78, 5) is 49.5. The predicted octanol–water partition coefficient (Wildman–Crippen LogP) is 2.82. The molecule has 5 amide bonds. The lowest BCUT2D eigenvalue weighted by atomic mass is 10.0. The maximum absolute atomic E-state index is 13.1. The van der Waals surface area contributed by atoms with Crippen LogP contribution in [0.1, 0.15) is 71.3 Å². The van der Waals surface area contributed by atoms with E-state index in [0.29, 0.717) is 25.1 Å². The van der Waals surface area contributed by atoms with Gasteiger partial charge in [0.15, 0.2) is 0 Å². The Morgan fingerprint density at radius 1 is 0.944 bits per heavy atom. The van der Waals surface area contributed by atoms with Crippen molar-refractivity contribution in [1.29, 1.82) is 0 Å². The number of carbonyl (C=O) groups is 4. The van der Waals surface area contributed by atoms with Crippen LogP contribution in [-0.4, -0.2) is 49.5 Å². The fourth-order valence-corrected chi connectivity index (χ4v) is 3.62. The van der Waals surface area contributed by atoms with Crippen molar-refractivity contribution in [1.82, 2.24) is 16.0 Å². The monoisotopic (exact) mass is 505 g/mol. The first-order valence-electron chi connectivity index (χ1n) is 12.7. The van der Waals surface area contributed by atoms with Crippen molar-refractivity contribution < 1.29 is 23.9 Å². The van der Waals surface area contributed by atoms with Crippen molar-refractivity contribution in [2.24, 2.45) is 11.7 Å². The highest BCUT2D eigenvalue weighted by Gasteiger charge is 2.28. The van der Waals surface area contributed by atoms with E-state index >= 15 is 0 Å². The summed E-state index contributed by atoms with van der Waals surface area (Å²) in [6.07, 6.45) is 4.94. The molecule has 202 valence electrons. The van der Waals surface area contributed by atoms with Crippen LogP contribution in [0.25, 0.3) is 0 Å². The maximum atomic E-state index is 13.1. The molecule has 0 aliphatic heterocycles. The van der Waals surface area contributed by atoms with Gasteiger partial charge in [0.2, 0.25) is 17.7 Å². The molecule has 10 heteroatoms. The van der Waals surface area contributed by atoms with E-state index in [1.165, 1.54) is 0 Å². The molecule has 0 aliphatic rings. The van der Waals surface area contributed by atoms with Gasteiger partial charge in [0.05, 0.1) is 6.61 Å². The van der Waals surface area contributed by atoms with Crippen LogP contribution < -0.4 is 27.0 Å². The fourth-order valence-electron chi connectivity index (χ4n) is 3.62. The summed E-state index contributed by atoms with van der Waals surface area (Å²) in [5.74, 6) is -1.17. The number of unbranched alkanes of at least 4 members (excludes halogenated alkanes) is 3. The number of benzene rings is 1. The van der Waals surface area contributed by atoms with Gasteiger partial charge in [0.1, 0.15) is 12.1 Å². The van der Waals surface area contributed by atoms with Crippen molar-refractivity contribution in [2.45, 2.75) is 84.4 Å². The zero-order chi connectivity index (χ0) is 26.9. The number of anilines is 1. The standard InChI is InChI=1S/C26H43N5O5/c1-5-6-7-8-11-22(32)31-23(18(2)3)25(34)30-21(10-9-16-28-26(27)35)24(33)29-20-14-12-19(13-15-20)17-36-4/h12-15,18,21,23H,5-11,16-17H2,1-4H3,(H,29,33)(H,30,34)(H,31,32)(H3,27,28,35)/t21-,23-/m0/s1. The molecule has 36 heavy (non-hydrogen) atoms. The summed E-state index contributed by atoms with van der Waals surface area (Å²) in [5.41, 5.74) is 6.65. The van der Waals surface area contributed by atoms with Gasteiger partial charge in [0.25, 0.3) is 0 Å². The number of methoxy groups -OCH3 is 1. The second-order valence-electron chi connectivity index (χ2n) is 9.21. The number of carbonyl (C=O) groups excluding carboxylic acids is 4. The van der Waals surface area contributed by atoms with E-state index in [-0.39, 0.29) is 24.8 Å². The highest BCUT2D eigenvalue weighted by molar-refractivity contribution is 5.98. The molecule has 1 rings (SSSR count). The molecule has 0 fully saturated rings. The largest absolute Gasteiger partial charge is 0.380 e. The quantitative estimate of drug-likeness (QED) is 0.206. The van der Waals surface area contributed by atoms with E-state index in [0.717, 1.165) is 31.2 Å². The second-order valence-corrected chi connectivity index (χ2v) is 9.21. The number of urea groups is 1. The minimum Gasteiger partial charge on any atom is -0.380 e. The van der Waals surface area contributed by atoms with Crippen LogP contribution in [0, 0.1) is 5.92 Å². The second kappa shape index (κ2) is 17.3. The molecule has 0 radical (unpaired) electrons. The zero-order valence-electron chi connectivity index (χ0n) is 22.0.